The number of hydrogen-bond donors (Lipinski definition) is 1. The number of benzene rings is 2. The van der Waals surface area contributed by atoms with E-state index in [1.807, 2.05) is 0 Å². The first-order valence-electron chi connectivity index (χ1n) is 5.90. The summed E-state index contributed by atoms with van der Waals surface area (Å²) in [6.07, 6.45) is -2.84. The number of rotatable bonds is 1. The Morgan fingerprint density at radius 1 is 0.950 bits per heavy atom. The SMILES string of the molecule is Fc1ccc(-c2cccc(C(F)(F)F)c2)c2cc[nH]c12. The fourth-order valence-corrected chi connectivity index (χ4v) is 2.24. The molecule has 3 aromatic rings. The highest BCUT2D eigenvalue weighted by Crippen LogP contribution is 2.34. The number of alkyl halides is 3. The van der Waals surface area contributed by atoms with Crippen LogP contribution in [0.1, 0.15) is 5.56 Å². The van der Waals surface area contributed by atoms with E-state index in [9.17, 15) is 17.6 Å². The van der Waals surface area contributed by atoms with E-state index in [0.29, 0.717) is 22.0 Å². The molecule has 102 valence electrons. The van der Waals surface area contributed by atoms with Crippen LogP contribution in [-0.4, -0.2) is 4.98 Å². The summed E-state index contributed by atoms with van der Waals surface area (Å²) >= 11 is 0. The molecule has 20 heavy (non-hydrogen) atoms. The molecule has 0 radical (unpaired) electrons. The van der Waals surface area contributed by atoms with Crippen LogP contribution in [0.3, 0.4) is 0 Å². The van der Waals surface area contributed by atoms with Gasteiger partial charge in [-0.2, -0.15) is 13.2 Å². The van der Waals surface area contributed by atoms with Crippen molar-refractivity contribution >= 4 is 10.9 Å². The third-order valence-corrected chi connectivity index (χ3v) is 3.17. The first-order chi connectivity index (χ1) is 9.47. The molecule has 0 spiro atoms. The van der Waals surface area contributed by atoms with Crippen LogP contribution in [0.2, 0.25) is 0 Å². The van der Waals surface area contributed by atoms with E-state index < -0.39 is 17.6 Å². The van der Waals surface area contributed by atoms with Crippen LogP contribution in [0, 0.1) is 5.82 Å². The maximum atomic E-state index is 13.6. The fourth-order valence-electron chi connectivity index (χ4n) is 2.24. The lowest BCUT2D eigenvalue weighted by Gasteiger charge is -2.10. The summed E-state index contributed by atoms with van der Waals surface area (Å²) in [4.78, 5) is 2.75. The summed E-state index contributed by atoms with van der Waals surface area (Å²) in [7, 11) is 0. The molecule has 1 N–H and O–H groups in total. The van der Waals surface area contributed by atoms with Gasteiger partial charge in [0.1, 0.15) is 5.82 Å². The summed E-state index contributed by atoms with van der Waals surface area (Å²) in [6.45, 7) is 0. The minimum absolute atomic E-state index is 0.292. The van der Waals surface area contributed by atoms with Crippen molar-refractivity contribution < 1.29 is 17.6 Å². The molecule has 1 aromatic heterocycles. The molecule has 0 aliphatic heterocycles. The van der Waals surface area contributed by atoms with Gasteiger partial charge in [-0.25, -0.2) is 4.39 Å². The molecule has 0 aliphatic rings. The molecular formula is C15H9F4N. The van der Waals surface area contributed by atoms with Crippen molar-refractivity contribution in [3.8, 4) is 11.1 Å². The zero-order valence-electron chi connectivity index (χ0n) is 10.1. The Balaban J connectivity index is 2.21. The monoisotopic (exact) mass is 279 g/mol. The van der Waals surface area contributed by atoms with Crippen LogP contribution >= 0.6 is 0 Å². The van der Waals surface area contributed by atoms with Gasteiger partial charge in [-0.1, -0.05) is 18.2 Å². The average molecular weight is 279 g/mol. The van der Waals surface area contributed by atoms with Gasteiger partial charge < -0.3 is 4.98 Å². The third kappa shape index (κ3) is 2.05. The standard InChI is InChI=1S/C15H9F4N/c16-13-5-4-11(12-6-7-20-14(12)13)9-2-1-3-10(8-9)15(17,18)19/h1-8,20H. The highest BCUT2D eigenvalue weighted by molar-refractivity contribution is 5.95. The Morgan fingerprint density at radius 2 is 1.75 bits per heavy atom. The molecular weight excluding hydrogens is 270 g/mol. The number of hydrogen-bond acceptors (Lipinski definition) is 0. The number of H-pyrrole nitrogens is 1. The summed E-state index contributed by atoms with van der Waals surface area (Å²) in [5.74, 6) is -0.430. The lowest BCUT2D eigenvalue weighted by molar-refractivity contribution is -0.137. The molecule has 0 unspecified atom stereocenters. The van der Waals surface area contributed by atoms with E-state index >= 15 is 0 Å². The summed E-state index contributed by atoms with van der Waals surface area (Å²) in [5, 5.41) is 0.560. The van der Waals surface area contributed by atoms with Crippen LogP contribution in [-0.2, 0) is 6.18 Å². The van der Waals surface area contributed by atoms with Gasteiger partial charge in [-0.15, -0.1) is 0 Å². The van der Waals surface area contributed by atoms with Gasteiger partial charge in [0.15, 0.2) is 0 Å². The Morgan fingerprint density at radius 3 is 2.50 bits per heavy atom. The molecule has 0 atom stereocenters. The van der Waals surface area contributed by atoms with Gasteiger partial charge in [0, 0.05) is 11.6 Å². The number of halogens is 4. The Hall–Kier alpha value is -2.30. The molecule has 2 aromatic carbocycles. The molecule has 0 saturated carbocycles. The molecule has 1 heterocycles. The number of aromatic nitrogens is 1. The summed E-state index contributed by atoms with van der Waals surface area (Å²) in [5.41, 5.74) is 0.543. The van der Waals surface area contributed by atoms with Gasteiger partial charge >= 0.3 is 6.18 Å². The molecule has 0 aliphatic carbocycles. The Labute approximate surface area is 111 Å². The van der Waals surface area contributed by atoms with Gasteiger partial charge in [0.25, 0.3) is 0 Å². The molecule has 0 amide bonds. The molecule has 3 rings (SSSR count). The summed E-state index contributed by atoms with van der Waals surface area (Å²) < 4.78 is 51.8. The van der Waals surface area contributed by atoms with E-state index in [1.54, 1.807) is 18.3 Å². The van der Waals surface area contributed by atoms with Crippen molar-refractivity contribution in [3.05, 3.63) is 60.0 Å². The molecule has 0 saturated heterocycles. The normalized spacial score (nSPS) is 12.0. The topological polar surface area (TPSA) is 15.8 Å². The quantitative estimate of drug-likeness (QED) is 0.604. The lowest BCUT2D eigenvalue weighted by Crippen LogP contribution is -2.04. The van der Waals surface area contributed by atoms with E-state index in [2.05, 4.69) is 4.98 Å². The highest BCUT2D eigenvalue weighted by Gasteiger charge is 2.30. The minimum atomic E-state index is -4.40. The number of nitrogens with one attached hydrogen (secondary N) is 1. The molecule has 0 bridgehead atoms. The van der Waals surface area contributed by atoms with Gasteiger partial charge in [-0.05, 0) is 35.4 Å². The second kappa shape index (κ2) is 4.37. The summed E-state index contributed by atoms with van der Waals surface area (Å²) in [6, 6.07) is 9.39. The first-order valence-corrected chi connectivity index (χ1v) is 5.90. The van der Waals surface area contributed by atoms with Crippen molar-refractivity contribution in [2.24, 2.45) is 0 Å². The van der Waals surface area contributed by atoms with E-state index in [0.717, 1.165) is 12.1 Å². The smallest absolute Gasteiger partial charge is 0.359 e. The van der Waals surface area contributed by atoms with E-state index in [4.69, 9.17) is 0 Å². The van der Waals surface area contributed by atoms with Gasteiger partial charge in [0.2, 0.25) is 0 Å². The highest BCUT2D eigenvalue weighted by atomic mass is 19.4. The number of fused-ring (bicyclic) bond motifs is 1. The second-order valence-electron chi connectivity index (χ2n) is 4.44. The van der Waals surface area contributed by atoms with Crippen LogP contribution in [0.15, 0.2) is 48.7 Å². The van der Waals surface area contributed by atoms with Gasteiger partial charge in [0.05, 0.1) is 11.1 Å². The second-order valence-corrected chi connectivity index (χ2v) is 4.44. The predicted molar refractivity (Wildman–Crippen MR) is 68.7 cm³/mol. The molecule has 0 fully saturated rings. The predicted octanol–water partition coefficient (Wildman–Crippen LogP) is 4.99. The van der Waals surface area contributed by atoms with E-state index in [-0.39, 0.29) is 0 Å². The van der Waals surface area contributed by atoms with Crippen molar-refractivity contribution in [1.29, 1.82) is 0 Å². The van der Waals surface area contributed by atoms with Crippen LogP contribution in [0.4, 0.5) is 17.6 Å². The Kier molecular flexibility index (Phi) is 2.78. The Bertz CT molecular complexity index is 771. The lowest BCUT2D eigenvalue weighted by atomic mass is 9.99. The van der Waals surface area contributed by atoms with Crippen LogP contribution < -0.4 is 0 Å². The first kappa shape index (κ1) is 12.7. The van der Waals surface area contributed by atoms with E-state index in [1.165, 1.54) is 18.2 Å². The average Bonchev–Trinajstić information content (AvgIpc) is 2.88. The third-order valence-electron chi connectivity index (χ3n) is 3.17. The zero-order valence-corrected chi connectivity index (χ0v) is 10.1. The van der Waals surface area contributed by atoms with Gasteiger partial charge in [-0.3, -0.25) is 0 Å². The van der Waals surface area contributed by atoms with Crippen molar-refractivity contribution in [3.63, 3.8) is 0 Å². The van der Waals surface area contributed by atoms with Crippen LogP contribution in [0.25, 0.3) is 22.0 Å². The molecule has 1 nitrogen and oxygen atoms in total. The van der Waals surface area contributed by atoms with Crippen molar-refractivity contribution in [2.45, 2.75) is 6.18 Å². The van der Waals surface area contributed by atoms with Crippen LogP contribution in [0.5, 0.6) is 0 Å². The maximum Gasteiger partial charge on any atom is 0.416 e. The fraction of sp³-hybridized carbons (Fsp3) is 0.0667. The zero-order chi connectivity index (χ0) is 14.3. The minimum Gasteiger partial charge on any atom is -0.359 e. The van der Waals surface area contributed by atoms with Crippen molar-refractivity contribution in [2.75, 3.05) is 0 Å². The largest absolute Gasteiger partial charge is 0.416 e. The molecule has 5 heteroatoms. The number of aromatic amines is 1. The van der Waals surface area contributed by atoms with Crippen molar-refractivity contribution in [1.82, 2.24) is 4.98 Å². The maximum absolute atomic E-state index is 13.6.